The number of rotatable bonds is 9. The van der Waals surface area contributed by atoms with E-state index in [1.165, 1.54) is 11.8 Å². The lowest BCUT2D eigenvalue weighted by molar-refractivity contribution is -0.148. The lowest BCUT2D eigenvalue weighted by Crippen LogP contribution is -2.31. The second kappa shape index (κ2) is 11.0. The molecule has 2 heterocycles. The maximum Gasteiger partial charge on any atom is 0.308 e. The summed E-state index contributed by atoms with van der Waals surface area (Å²) in [6, 6.07) is 6.58. The highest BCUT2D eigenvalue weighted by atomic mass is 35.5. The van der Waals surface area contributed by atoms with Gasteiger partial charge in [0, 0.05) is 22.8 Å². The fourth-order valence-corrected chi connectivity index (χ4v) is 4.22. The number of ether oxygens (including phenoxy) is 1. The number of aromatic nitrogens is 4. The average molecular weight is 490 g/mol. The fourth-order valence-electron chi connectivity index (χ4n) is 3.62. The molecule has 0 spiro atoms. The Kier molecular flexibility index (Phi) is 8.31. The number of fused-ring (bicyclic) bond motifs is 1. The van der Waals surface area contributed by atoms with Gasteiger partial charge in [-0.15, -0.1) is 5.10 Å². The molecule has 0 saturated carbocycles. The molecule has 1 N–H and O–H groups in total. The van der Waals surface area contributed by atoms with Gasteiger partial charge in [-0.1, -0.05) is 41.6 Å². The molecule has 0 radical (unpaired) electrons. The van der Waals surface area contributed by atoms with E-state index in [0.29, 0.717) is 27.9 Å². The number of carbonyl (C=O) groups is 2. The van der Waals surface area contributed by atoms with Gasteiger partial charge in [-0.3, -0.25) is 9.59 Å². The molecular formula is C23H28ClN5O3S. The molecule has 0 fully saturated rings. The van der Waals surface area contributed by atoms with Crippen LogP contribution < -0.4 is 5.32 Å². The Labute approximate surface area is 202 Å². The van der Waals surface area contributed by atoms with Gasteiger partial charge in [0.1, 0.15) is 0 Å². The number of hydrogen-bond donors (Lipinski definition) is 1. The van der Waals surface area contributed by atoms with Crippen molar-refractivity contribution in [3.05, 3.63) is 51.8 Å². The standard InChI is InChI=1S/C23H28ClN5O3S/c1-13(2)32-21(31)12-19(17-8-6-7-9-18(17)24)26-20(30)11-10-16-14(3)25-22-27-23(33-5)28-29(22)15(16)4/h6-9,13,19H,10-12H2,1-5H3,(H,26,30)/t19-/m0/s1. The van der Waals surface area contributed by atoms with E-state index in [-0.39, 0.29) is 24.9 Å². The molecule has 3 rings (SSSR count). The maximum absolute atomic E-state index is 12.9. The molecular weight excluding hydrogens is 462 g/mol. The molecule has 0 aliphatic carbocycles. The summed E-state index contributed by atoms with van der Waals surface area (Å²) in [5.74, 6) is -0.0445. The molecule has 33 heavy (non-hydrogen) atoms. The second-order valence-corrected chi connectivity index (χ2v) is 9.14. The first-order chi connectivity index (χ1) is 15.7. The van der Waals surface area contributed by atoms with Crippen molar-refractivity contribution in [2.75, 3.05) is 6.26 Å². The number of halogens is 1. The zero-order valence-electron chi connectivity index (χ0n) is 19.4. The largest absolute Gasteiger partial charge is 0.463 e. The SMILES string of the molecule is CSc1nc2nc(C)c(CCC(=O)N[C@@H](CC(=O)OC(C)C)c3ccccc3Cl)c(C)n2n1. The third-order valence-corrected chi connectivity index (χ3v) is 6.05. The Bertz CT molecular complexity index is 1160. The van der Waals surface area contributed by atoms with Crippen molar-refractivity contribution in [2.24, 2.45) is 0 Å². The molecule has 0 aliphatic heterocycles. The average Bonchev–Trinajstić information content (AvgIpc) is 3.16. The molecule has 10 heteroatoms. The minimum absolute atomic E-state index is 0.00432. The van der Waals surface area contributed by atoms with E-state index in [9.17, 15) is 9.59 Å². The van der Waals surface area contributed by atoms with Crippen LogP contribution in [0.15, 0.2) is 29.4 Å². The van der Waals surface area contributed by atoms with Crippen molar-refractivity contribution in [2.45, 2.75) is 64.3 Å². The van der Waals surface area contributed by atoms with Crippen molar-refractivity contribution in [3.8, 4) is 0 Å². The number of nitrogens with one attached hydrogen (secondary N) is 1. The van der Waals surface area contributed by atoms with Gasteiger partial charge >= 0.3 is 5.97 Å². The van der Waals surface area contributed by atoms with Gasteiger partial charge in [0.05, 0.1) is 18.6 Å². The molecule has 0 bridgehead atoms. The van der Waals surface area contributed by atoms with E-state index >= 15 is 0 Å². The molecule has 0 aliphatic rings. The molecule has 1 aromatic carbocycles. The Hall–Kier alpha value is -2.65. The molecule has 8 nitrogen and oxygen atoms in total. The minimum Gasteiger partial charge on any atom is -0.463 e. The van der Waals surface area contributed by atoms with E-state index < -0.39 is 12.0 Å². The summed E-state index contributed by atoms with van der Waals surface area (Å²) in [5.41, 5.74) is 3.34. The second-order valence-electron chi connectivity index (χ2n) is 7.96. The van der Waals surface area contributed by atoms with Crippen molar-refractivity contribution in [1.82, 2.24) is 24.9 Å². The molecule has 0 saturated heterocycles. The van der Waals surface area contributed by atoms with Crippen LogP contribution in [0.3, 0.4) is 0 Å². The predicted molar refractivity (Wildman–Crippen MR) is 129 cm³/mol. The monoisotopic (exact) mass is 489 g/mol. The number of aryl methyl sites for hydroxylation is 2. The van der Waals surface area contributed by atoms with Gasteiger partial charge in [-0.05, 0) is 57.6 Å². The highest BCUT2D eigenvalue weighted by Crippen LogP contribution is 2.26. The van der Waals surface area contributed by atoms with E-state index in [1.54, 1.807) is 36.6 Å². The summed E-state index contributed by atoms with van der Waals surface area (Å²) in [5, 5.41) is 8.54. The third-order valence-electron chi connectivity index (χ3n) is 5.17. The number of carbonyl (C=O) groups excluding carboxylic acids is 2. The Balaban J connectivity index is 1.75. The highest BCUT2D eigenvalue weighted by Gasteiger charge is 2.22. The topological polar surface area (TPSA) is 98.5 Å². The van der Waals surface area contributed by atoms with Crippen molar-refractivity contribution in [1.29, 1.82) is 0 Å². The summed E-state index contributed by atoms with van der Waals surface area (Å²) >= 11 is 7.80. The van der Waals surface area contributed by atoms with E-state index in [4.69, 9.17) is 16.3 Å². The van der Waals surface area contributed by atoms with Gasteiger partial charge < -0.3 is 10.1 Å². The number of esters is 1. The number of hydrogen-bond acceptors (Lipinski definition) is 7. The van der Waals surface area contributed by atoms with Crippen LogP contribution in [0.2, 0.25) is 5.02 Å². The Morgan fingerprint density at radius 1 is 1.21 bits per heavy atom. The van der Waals surface area contributed by atoms with E-state index in [0.717, 1.165) is 17.0 Å². The van der Waals surface area contributed by atoms with Crippen LogP contribution >= 0.6 is 23.4 Å². The van der Waals surface area contributed by atoms with Gasteiger partial charge in [0.2, 0.25) is 11.1 Å². The molecule has 1 atom stereocenters. The molecule has 3 aromatic rings. The molecule has 1 amide bonds. The van der Waals surface area contributed by atoms with Crippen LogP contribution in [0.1, 0.15) is 55.2 Å². The Morgan fingerprint density at radius 3 is 2.61 bits per heavy atom. The Morgan fingerprint density at radius 2 is 1.94 bits per heavy atom. The van der Waals surface area contributed by atoms with Crippen LogP contribution in [0.4, 0.5) is 0 Å². The van der Waals surface area contributed by atoms with Crippen molar-refractivity contribution >= 4 is 41.0 Å². The van der Waals surface area contributed by atoms with Crippen LogP contribution in [0, 0.1) is 13.8 Å². The van der Waals surface area contributed by atoms with Crippen LogP contribution in [-0.4, -0.2) is 43.8 Å². The minimum atomic E-state index is -0.584. The lowest BCUT2D eigenvalue weighted by Gasteiger charge is -2.20. The van der Waals surface area contributed by atoms with Gasteiger partial charge in [-0.2, -0.15) is 4.98 Å². The maximum atomic E-state index is 12.9. The van der Waals surface area contributed by atoms with Crippen LogP contribution in [0.25, 0.3) is 5.78 Å². The normalized spacial score (nSPS) is 12.2. The summed E-state index contributed by atoms with van der Waals surface area (Å²) in [4.78, 5) is 34.1. The highest BCUT2D eigenvalue weighted by molar-refractivity contribution is 7.98. The summed E-state index contributed by atoms with van der Waals surface area (Å²) in [6.45, 7) is 7.42. The van der Waals surface area contributed by atoms with Gasteiger partial charge in [0.15, 0.2) is 0 Å². The number of amides is 1. The lowest BCUT2D eigenvalue weighted by atomic mass is 10.0. The van der Waals surface area contributed by atoms with Crippen molar-refractivity contribution < 1.29 is 14.3 Å². The van der Waals surface area contributed by atoms with Gasteiger partial charge in [-0.25, -0.2) is 9.50 Å². The van der Waals surface area contributed by atoms with Gasteiger partial charge in [0.25, 0.3) is 5.78 Å². The van der Waals surface area contributed by atoms with Crippen LogP contribution in [-0.2, 0) is 20.7 Å². The van der Waals surface area contributed by atoms with E-state index in [1.807, 2.05) is 26.2 Å². The van der Waals surface area contributed by atoms with E-state index in [2.05, 4.69) is 20.4 Å². The number of thioether (sulfide) groups is 1. The van der Waals surface area contributed by atoms with Crippen LogP contribution in [0.5, 0.6) is 0 Å². The summed E-state index contributed by atoms with van der Waals surface area (Å²) in [6.07, 6.45) is 2.37. The fraction of sp³-hybridized carbons (Fsp3) is 0.435. The summed E-state index contributed by atoms with van der Waals surface area (Å²) in [7, 11) is 0. The zero-order valence-corrected chi connectivity index (χ0v) is 21.0. The zero-order chi connectivity index (χ0) is 24.1. The first-order valence-electron chi connectivity index (χ1n) is 10.7. The number of benzene rings is 1. The summed E-state index contributed by atoms with van der Waals surface area (Å²) < 4.78 is 6.99. The predicted octanol–water partition coefficient (Wildman–Crippen LogP) is 4.25. The smallest absolute Gasteiger partial charge is 0.308 e. The third kappa shape index (κ3) is 6.23. The van der Waals surface area contributed by atoms with Crippen molar-refractivity contribution in [3.63, 3.8) is 0 Å². The quantitative estimate of drug-likeness (QED) is 0.354. The molecule has 0 unspecified atom stereocenters. The molecule has 2 aromatic heterocycles. The molecule has 176 valence electrons. The first kappa shape index (κ1) is 25.0. The first-order valence-corrected chi connectivity index (χ1v) is 12.3. The number of nitrogens with zero attached hydrogens (tertiary/aromatic N) is 4.